The molecule has 0 aliphatic carbocycles. The van der Waals surface area contributed by atoms with Crippen LogP contribution < -0.4 is 10.3 Å². The van der Waals surface area contributed by atoms with Gasteiger partial charge in [0.25, 0.3) is 0 Å². The molecule has 1 aromatic heterocycles. The van der Waals surface area contributed by atoms with Gasteiger partial charge in [-0.3, -0.25) is 4.79 Å². The fourth-order valence-electron chi connectivity index (χ4n) is 3.62. The van der Waals surface area contributed by atoms with Crippen molar-refractivity contribution in [3.63, 3.8) is 0 Å². The van der Waals surface area contributed by atoms with Crippen LogP contribution in [0.4, 0.5) is 0 Å². The van der Waals surface area contributed by atoms with Crippen LogP contribution in [0.15, 0.2) is 45.6 Å². The van der Waals surface area contributed by atoms with Gasteiger partial charge in [-0.1, -0.05) is 23.7 Å². The number of fused-ring (bicyclic) bond motifs is 1. The van der Waals surface area contributed by atoms with Gasteiger partial charge in [0.15, 0.2) is 5.58 Å². The van der Waals surface area contributed by atoms with E-state index >= 15 is 0 Å². The summed E-state index contributed by atoms with van der Waals surface area (Å²) >= 11 is 5.96. The Hall–Kier alpha value is -2.34. The Morgan fingerprint density at radius 1 is 1.11 bits per heavy atom. The Morgan fingerprint density at radius 2 is 1.81 bits per heavy atom. The van der Waals surface area contributed by atoms with Crippen LogP contribution in [-0.4, -0.2) is 31.4 Å². The van der Waals surface area contributed by atoms with Crippen LogP contribution in [0.25, 0.3) is 22.1 Å². The van der Waals surface area contributed by atoms with Crippen molar-refractivity contribution >= 4 is 22.6 Å². The van der Waals surface area contributed by atoms with E-state index in [1.54, 1.807) is 31.2 Å². The third kappa shape index (κ3) is 3.46. The van der Waals surface area contributed by atoms with E-state index in [1.165, 1.54) is 4.90 Å². The molecule has 3 aromatic rings. The maximum absolute atomic E-state index is 13.2. The highest BCUT2D eigenvalue weighted by atomic mass is 35.5. The lowest BCUT2D eigenvalue weighted by atomic mass is 10.0. The lowest BCUT2D eigenvalue weighted by Gasteiger charge is -2.24. The molecule has 27 heavy (non-hydrogen) atoms. The molecule has 0 radical (unpaired) electrons. The predicted molar refractivity (Wildman–Crippen MR) is 105 cm³/mol. The number of rotatable bonds is 3. The third-order valence-corrected chi connectivity index (χ3v) is 5.33. The van der Waals surface area contributed by atoms with Crippen molar-refractivity contribution in [3.8, 4) is 16.9 Å². The zero-order valence-corrected chi connectivity index (χ0v) is 15.8. The summed E-state index contributed by atoms with van der Waals surface area (Å²) in [6.07, 6.45) is 0. The minimum absolute atomic E-state index is 0.103. The minimum Gasteiger partial charge on any atom is -0.507 e. The van der Waals surface area contributed by atoms with Crippen LogP contribution in [0.1, 0.15) is 11.3 Å². The molecule has 0 spiro atoms. The molecule has 0 amide bonds. The van der Waals surface area contributed by atoms with Crippen molar-refractivity contribution in [2.45, 2.75) is 13.5 Å². The fourth-order valence-corrected chi connectivity index (χ4v) is 3.75. The number of halogens is 1. The van der Waals surface area contributed by atoms with E-state index in [0.717, 1.165) is 18.7 Å². The Morgan fingerprint density at radius 3 is 2.52 bits per heavy atom. The number of nitrogens with one attached hydrogen (secondary N) is 1. The van der Waals surface area contributed by atoms with Gasteiger partial charge in [-0.05, 0) is 36.8 Å². The smallest absolute Gasteiger partial charge is 0.200 e. The van der Waals surface area contributed by atoms with E-state index in [0.29, 0.717) is 52.6 Å². The number of aryl methyl sites for hydroxylation is 1. The molecule has 0 bridgehead atoms. The molecule has 1 aliphatic rings. The SMILES string of the molecule is Cc1oc2c(C[NH+]3CCOCC3)c(O)ccc2c(=O)c1-c1ccc(Cl)cc1. The molecule has 1 fully saturated rings. The standard InChI is InChI=1S/C21H20ClNO4/c1-13-19(14-2-4-15(22)5-3-14)20(25)16-6-7-18(24)17(21(16)27-13)12-23-8-10-26-11-9-23/h2-7,24H,8-12H2,1H3/p+1. The van der Waals surface area contributed by atoms with E-state index < -0.39 is 0 Å². The zero-order chi connectivity index (χ0) is 19.0. The molecule has 0 atom stereocenters. The maximum Gasteiger partial charge on any atom is 0.200 e. The van der Waals surface area contributed by atoms with Gasteiger partial charge in [0.1, 0.15) is 31.1 Å². The van der Waals surface area contributed by atoms with Crippen molar-refractivity contribution in [2.24, 2.45) is 0 Å². The van der Waals surface area contributed by atoms with Gasteiger partial charge in [0.2, 0.25) is 5.43 Å². The van der Waals surface area contributed by atoms with Gasteiger partial charge in [0, 0.05) is 5.02 Å². The van der Waals surface area contributed by atoms with Gasteiger partial charge in [-0.25, -0.2) is 0 Å². The number of hydrogen-bond donors (Lipinski definition) is 2. The Kier molecular flexibility index (Phi) is 4.91. The largest absolute Gasteiger partial charge is 0.507 e. The quantitative estimate of drug-likeness (QED) is 0.726. The molecule has 140 valence electrons. The van der Waals surface area contributed by atoms with Crippen LogP contribution >= 0.6 is 11.6 Å². The molecule has 2 heterocycles. The topological polar surface area (TPSA) is 64.1 Å². The van der Waals surface area contributed by atoms with E-state index in [-0.39, 0.29) is 11.2 Å². The van der Waals surface area contributed by atoms with Crippen LogP contribution in [0.2, 0.25) is 5.02 Å². The predicted octanol–water partition coefficient (Wildman–Crippen LogP) is 2.54. The number of quaternary nitrogens is 1. The van der Waals surface area contributed by atoms with Crippen molar-refractivity contribution in [3.05, 3.63) is 63.0 Å². The van der Waals surface area contributed by atoms with Crippen LogP contribution in [-0.2, 0) is 11.3 Å². The van der Waals surface area contributed by atoms with Crippen molar-refractivity contribution < 1.29 is 19.2 Å². The highest BCUT2D eigenvalue weighted by Gasteiger charge is 2.22. The number of phenolic OH excluding ortho intramolecular Hbond substituents is 1. The monoisotopic (exact) mass is 386 g/mol. The summed E-state index contributed by atoms with van der Waals surface area (Å²) in [4.78, 5) is 14.5. The Labute approximate surface area is 161 Å². The van der Waals surface area contributed by atoms with Gasteiger partial charge < -0.3 is 19.2 Å². The van der Waals surface area contributed by atoms with E-state index in [1.807, 2.05) is 12.1 Å². The van der Waals surface area contributed by atoms with Gasteiger partial charge in [-0.2, -0.15) is 0 Å². The average molecular weight is 387 g/mol. The molecule has 0 saturated carbocycles. The third-order valence-electron chi connectivity index (χ3n) is 5.07. The molecule has 6 heteroatoms. The molecule has 4 rings (SSSR count). The normalized spacial score (nSPS) is 15.3. The first-order valence-electron chi connectivity index (χ1n) is 9.00. The average Bonchev–Trinajstić information content (AvgIpc) is 2.66. The summed E-state index contributed by atoms with van der Waals surface area (Å²) in [5.74, 6) is 0.682. The molecule has 5 nitrogen and oxygen atoms in total. The summed E-state index contributed by atoms with van der Waals surface area (Å²) < 4.78 is 11.5. The Balaban J connectivity index is 1.85. The van der Waals surface area contributed by atoms with E-state index in [4.69, 9.17) is 20.8 Å². The fraction of sp³-hybridized carbons (Fsp3) is 0.286. The number of benzene rings is 2. The second kappa shape index (κ2) is 7.35. The maximum atomic E-state index is 13.2. The van der Waals surface area contributed by atoms with Gasteiger partial charge >= 0.3 is 0 Å². The molecule has 2 aromatic carbocycles. The highest BCUT2D eigenvalue weighted by Crippen LogP contribution is 2.30. The van der Waals surface area contributed by atoms with Crippen molar-refractivity contribution in [1.29, 1.82) is 0 Å². The number of hydrogen-bond acceptors (Lipinski definition) is 4. The summed E-state index contributed by atoms with van der Waals surface area (Å²) in [5.41, 5.74) is 2.33. The number of aromatic hydroxyl groups is 1. The molecule has 1 aliphatic heterocycles. The minimum atomic E-state index is -0.103. The van der Waals surface area contributed by atoms with Crippen LogP contribution in [0.3, 0.4) is 0 Å². The van der Waals surface area contributed by atoms with E-state index in [2.05, 4.69) is 0 Å². The van der Waals surface area contributed by atoms with Gasteiger partial charge in [0.05, 0.1) is 29.7 Å². The summed E-state index contributed by atoms with van der Waals surface area (Å²) in [6, 6.07) is 10.3. The van der Waals surface area contributed by atoms with Crippen LogP contribution in [0.5, 0.6) is 5.75 Å². The lowest BCUT2D eigenvalue weighted by Crippen LogP contribution is -3.12. The molecular weight excluding hydrogens is 366 g/mol. The first kappa shape index (κ1) is 18.0. The van der Waals surface area contributed by atoms with Gasteiger partial charge in [-0.15, -0.1) is 0 Å². The van der Waals surface area contributed by atoms with E-state index in [9.17, 15) is 9.90 Å². The summed E-state index contributed by atoms with van der Waals surface area (Å²) in [6.45, 7) is 5.49. The number of phenols is 1. The Bertz CT molecular complexity index is 1040. The van der Waals surface area contributed by atoms with Crippen LogP contribution in [0, 0.1) is 6.92 Å². The second-order valence-electron chi connectivity index (χ2n) is 6.85. The molecule has 1 saturated heterocycles. The zero-order valence-electron chi connectivity index (χ0n) is 15.0. The van der Waals surface area contributed by atoms with Crippen molar-refractivity contribution in [1.82, 2.24) is 0 Å². The second-order valence-corrected chi connectivity index (χ2v) is 7.28. The molecule has 0 unspecified atom stereocenters. The lowest BCUT2D eigenvalue weighted by molar-refractivity contribution is -0.921. The highest BCUT2D eigenvalue weighted by molar-refractivity contribution is 6.30. The first-order valence-corrected chi connectivity index (χ1v) is 9.38. The first-order chi connectivity index (χ1) is 13.0. The number of morpholine rings is 1. The summed E-state index contributed by atoms with van der Waals surface area (Å²) in [5, 5.41) is 11.5. The van der Waals surface area contributed by atoms with Crippen molar-refractivity contribution in [2.75, 3.05) is 26.3 Å². The molecule has 2 N–H and O–H groups in total. The number of ether oxygens (including phenoxy) is 1. The summed E-state index contributed by atoms with van der Waals surface area (Å²) in [7, 11) is 0. The molecular formula is C21H21ClNO4+.